The molecule has 6 nitrogen and oxygen atoms in total. The molecule has 0 radical (unpaired) electrons. The molecule has 1 aliphatic heterocycles. The first-order valence-corrected chi connectivity index (χ1v) is 13.2. The Labute approximate surface area is 223 Å². The molecule has 5 aromatic rings. The molecule has 1 unspecified atom stereocenters. The van der Waals surface area contributed by atoms with Crippen LogP contribution in [0.1, 0.15) is 10.9 Å². The van der Waals surface area contributed by atoms with Crippen LogP contribution in [0.4, 0.5) is 28.7 Å². The third-order valence-electron chi connectivity index (χ3n) is 6.06. The van der Waals surface area contributed by atoms with Crippen molar-refractivity contribution in [2.75, 3.05) is 21.3 Å². The van der Waals surface area contributed by atoms with Crippen LogP contribution in [0.2, 0.25) is 5.02 Å². The average molecular weight is 524 g/mol. The number of rotatable bonds is 6. The lowest BCUT2D eigenvalue weighted by Crippen LogP contribution is -2.28. The molecular weight excluding hydrogens is 502 g/mol. The van der Waals surface area contributed by atoms with Gasteiger partial charge in [0.15, 0.2) is 11.6 Å². The fourth-order valence-corrected chi connectivity index (χ4v) is 5.85. The summed E-state index contributed by atoms with van der Waals surface area (Å²) in [6.45, 7) is 0. The number of nitrogens with zero attached hydrogens (tertiary/aromatic N) is 3. The zero-order valence-electron chi connectivity index (χ0n) is 19.6. The quantitative estimate of drug-likeness (QED) is 0.239. The number of para-hydroxylation sites is 5. The number of anilines is 5. The van der Waals surface area contributed by atoms with Crippen LogP contribution in [0.3, 0.4) is 0 Å². The number of carbonyl (C=O) groups excluding carboxylic acids is 1. The van der Waals surface area contributed by atoms with Gasteiger partial charge < -0.3 is 10.6 Å². The largest absolute Gasteiger partial charge is 0.337 e. The summed E-state index contributed by atoms with van der Waals surface area (Å²) in [5, 5.41) is 7.26. The van der Waals surface area contributed by atoms with Gasteiger partial charge in [-0.3, -0.25) is 9.69 Å². The van der Waals surface area contributed by atoms with Crippen LogP contribution >= 0.6 is 23.4 Å². The van der Waals surface area contributed by atoms with E-state index in [2.05, 4.69) is 10.6 Å². The van der Waals surface area contributed by atoms with Gasteiger partial charge in [0, 0.05) is 16.3 Å². The molecule has 6 rings (SSSR count). The molecule has 1 fully saturated rings. The number of benzene rings is 4. The fraction of sp³-hybridized carbons (Fsp3) is 0.0690. The predicted molar refractivity (Wildman–Crippen MR) is 153 cm³/mol. The second-order valence-corrected chi connectivity index (χ2v) is 9.97. The number of hydrogen-bond acceptors (Lipinski definition) is 6. The molecule has 2 heterocycles. The third-order valence-corrected chi connectivity index (χ3v) is 7.60. The van der Waals surface area contributed by atoms with Gasteiger partial charge in [0.05, 0.1) is 28.2 Å². The Hall–Kier alpha value is -4.07. The first-order valence-electron chi connectivity index (χ1n) is 11.8. The van der Waals surface area contributed by atoms with E-state index in [0.717, 1.165) is 33.7 Å². The lowest BCUT2D eigenvalue weighted by Gasteiger charge is -2.27. The van der Waals surface area contributed by atoms with Crippen molar-refractivity contribution in [3.63, 3.8) is 0 Å². The van der Waals surface area contributed by atoms with Gasteiger partial charge in [-0.15, -0.1) is 11.8 Å². The van der Waals surface area contributed by atoms with Crippen LogP contribution in [0.5, 0.6) is 0 Å². The summed E-state index contributed by atoms with van der Waals surface area (Å²) in [4.78, 5) is 24.7. The summed E-state index contributed by atoms with van der Waals surface area (Å²) >= 11 is 8.10. The van der Waals surface area contributed by atoms with Gasteiger partial charge in [-0.25, -0.2) is 9.97 Å². The lowest BCUT2D eigenvalue weighted by atomic mass is 10.1. The minimum Gasteiger partial charge on any atom is -0.337 e. The van der Waals surface area contributed by atoms with E-state index in [4.69, 9.17) is 21.6 Å². The van der Waals surface area contributed by atoms with Crippen LogP contribution in [-0.4, -0.2) is 21.6 Å². The summed E-state index contributed by atoms with van der Waals surface area (Å²) in [7, 11) is 0. The summed E-state index contributed by atoms with van der Waals surface area (Å²) in [5.41, 5.74) is 4.85. The van der Waals surface area contributed by atoms with E-state index in [9.17, 15) is 4.79 Å². The van der Waals surface area contributed by atoms with Crippen molar-refractivity contribution >= 4 is 69.0 Å². The number of amides is 1. The zero-order valence-corrected chi connectivity index (χ0v) is 21.2. The van der Waals surface area contributed by atoms with E-state index < -0.39 is 0 Å². The maximum Gasteiger partial charge on any atom is 0.238 e. The SMILES string of the molecule is O=C1CSC(c2ccccc2Cl)N1c1ccccc1Nc1nc2ccccc2nc1Nc1ccccc1. The molecule has 0 aliphatic carbocycles. The van der Waals surface area contributed by atoms with Gasteiger partial charge in [0.2, 0.25) is 5.91 Å². The second-order valence-electron chi connectivity index (χ2n) is 8.49. The van der Waals surface area contributed by atoms with Gasteiger partial charge in [0.25, 0.3) is 0 Å². The van der Waals surface area contributed by atoms with E-state index in [1.54, 1.807) is 11.8 Å². The first kappa shape index (κ1) is 23.3. The minimum absolute atomic E-state index is 0.0244. The van der Waals surface area contributed by atoms with Crippen molar-refractivity contribution in [3.8, 4) is 0 Å². The average Bonchev–Trinajstić information content (AvgIpc) is 3.31. The monoisotopic (exact) mass is 523 g/mol. The normalized spacial score (nSPS) is 15.2. The highest BCUT2D eigenvalue weighted by atomic mass is 35.5. The van der Waals surface area contributed by atoms with Gasteiger partial charge in [-0.1, -0.05) is 72.3 Å². The standard InChI is InChI=1S/C29H22ClN5OS/c30-21-13-5-4-12-20(21)29-35(26(36)18-37-29)25-17-9-8-16-24(25)34-28-27(31-19-10-2-1-3-11-19)32-22-14-6-7-15-23(22)33-28/h1-17,29H,18H2,(H,31,32)(H,33,34). The molecule has 8 heteroatoms. The highest BCUT2D eigenvalue weighted by molar-refractivity contribution is 8.00. The van der Waals surface area contributed by atoms with Crippen LogP contribution in [-0.2, 0) is 4.79 Å². The predicted octanol–water partition coefficient (Wildman–Crippen LogP) is 7.55. The van der Waals surface area contributed by atoms with E-state index in [1.165, 1.54) is 0 Å². The van der Waals surface area contributed by atoms with Crippen molar-refractivity contribution in [3.05, 3.63) is 114 Å². The maximum atomic E-state index is 13.2. The number of nitrogens with one attached hydrogen (secondary N) is 2. The maximum absolute atomic E-state index is 13.2. The zero-order chi connectivity index (χ0) is 25.2. The molecular formula is C29H22ClN5OS. The molecule has 2 N–H and O–H groups in total. The smallest absolute Gasteiger partial charge is 0.238 e. The molecule has 182 valence electrons. The Morgan fingerprint density at radius 1 is 0.757 bits per heavy atom. The summed E-state index contributed by atoms with van der Waals surface area (Å²) in [6, 6.07) is 33.0. The molecule has 1 amide bonds. The van der Waals surface area contributed by atoms with Gasteiger partial charge >= 0.3 is 0 Å². The molecule has 0 bridgehead atoms. The van der Waals surface area contributed by atoms with Crippen molar-refractivity contribution < 1.29 is 4.79 Å². The van der Waals surface area contributed by atoms with Crippen molar-refractivity contribution in [2.24, 2.45) is 0 Å². The minimum atomic E-state index is -0.228. The molecule has 0 spiro atoms. The van der Waals surface area contributed by atoms with Gasteiger partial charge in [0.1, 0.15) is 5.37 Å². The highest BCUT2D eigenvalue weighted by Gasteiger charge is 2.36. The van der Waals surface area contributed by atoms with E-state index in [-0.39, 0.29) is 11.3 Å². The van der Waals surface area contributed by atoms with Gasteiger partial charge in [-0.05, 0) is 42.5 Å². The molecule has 1 saturated heterocycles. The Morgan fingerprint density at radius 2 is 1.38 bits per heavy atom. The number of thioether (sulfide) groups is 1. The summed E-state index contributed by atoms with van der Waals surface area (Å²) < 4.78 is 0. The first-order chi connectivity index (χ1) is 18.2. The molecule has 0 saturated carbocycles. The third kappa shape index (κ3) is 4.71. The summed E-state index contributed by atoms with van der Waals surface area (Å²) in [6.07, 6.45) is 0. The molecule has 37 heavy (non-hydrogen) atoms. The van der Waals surface area contributed by atoms with E-state index in [1.807, 2.05) is 108 Å². The van der Waals surface area contributed by atoms with E-state index >= 15 is 0 Å². The van der Waals surface area contributed by atoms with Crippen molar-refractivity contribution in [1.29, 1.82) is 0 Å². The number of hydrogen-bond donors (Lipinski definition) is 2. The molecule has 1 atom stereocenters. The lowest BCUT2D eigenvalue weighted by molar-refractivity contribution is -0.115. The number of fused-ring (bicyclic) bond motifs is 1. The Balaban J connectivity index is 1.42. The highest BCUT2D eigenvalue weighted by Crippen LogP contribution is 2.46. The molecule has 1 aromatic heterocycles. The second kappa shape index (κ2) is 10.1. The fourth-order valence-electron chi connectivity index (χ4n) is 4.34. The van der Waals surface area contributed by atoms with Crippen LogP contribution < -0.4 is 15.5 Å². The topological polar surface area (TPSA) is 70.2 Å². The van der Waals surface area contributed by atoms with Gasteiger partial charge in [-0.2, -0.15) is 0 Å². The molecule has 4 aromatic carbocycles. The molecule has 1 aliphatic rings. The number of halogens is 1. The number of aromatic nitrogens is 2. The van der Waals surface area contributed by atoms with Crippen molar-refractivity contribution in [1.82, 2.24) is 9.97 Å². The van der Waals surface area contributed by atoms with Crippen LogP contribution in [0.15, 0.2) is 103 Å². The Bertz CT molecular complexity index is 1600. The van der Waals surface area contributed by atoms with Crippen LogP contribution in [0, 0.1) is 0 Å². The summed E-state index contributed by atoms with van der Waals surface area (Å²) in [5.74, 6) is 1.55. The number of carbonyl (C=O) groups is 1. The Kier molecular flexibility index (Phi) is 6.39. The Morgan fingerprint density at radius 3 is 2.14 bits per heavy atom. The van der Waals surface area contributed by atoms with Crippen molar-refractivity contribution in [2.45, 2.75) is 5.37 Å². The van der Waals surface area contributed by atoms with Crippen LogP contribution in [0.25, 0.3) is 11.0 Å². The van der Waals surface area contributed by atoms with E-state index in [0.29, 0.717) is 22.4 Å².